The number of benzene rings is 1. The Morgan fingerprint density at radius 2 is 1.71 bits per heavy atom. The molecule has 0 radical (unpaired) electrons. The van der Waals surface area contributed by atoms with Gasteiger partial charge in [-0.1, -0.05) is 0 Å². The molecular formula is C11H14FNO5S3. The molecule has 1 aliphatic rings. The van der Waals surface area contributed by atoms with Gasteiger partial charge in [0.25, 0.3) is 0 Å². The van der Waals surface area contributed by atoms with Crippen LogP contribution in [0.3, 0.4) is 0 Å². The van der Waals surface area contributed by atoms with Gasteiger partial charge < -0.3 is 0 Å². The molecule has 1 heterocycles. The maximum atomic E-state index is 13.8. The van der Waals surface area contributed by atoms with Gasteiger partial charge in [0.05, 0.1) is 4.90 Å². The number of sulfone groups is 1. The Bertz CT molecular complexity index is 778. The zero-order chi connectivity index (χ0) is 15.8. The number of rotatable bonds is 3. The molecule has 0 bridgehead atoms. The van der Waals surface area contributed by atoms with E-state index in [1.54, 1.807) is 0 Å². The minimum atomic E-state index is -4.14. The fraction of sp³-hybridized carbons (Fsp3) is 0.455. The molecule has 1 saturated heterocycles. The summed E-state index contributed by atoms with van der Waals surface area (Å²) in [5.74, 6) is -0.631. The summed E-state index contributed by atoms with van der Waals surface area (Å²) in [5, 5.41) is 0. The van der Waals surface area contributed by atoms with E-state index in [2.05, 4.69) is 0 Å². The van der Waals surface area contributed by atoms with Crippen molar-refractivity contribution in [2.24, 2.45) is 0 Å². The fourth-order valence-electron chi connectivity index (χ4n) is 1.91. The molecule has 0 saturated carbocycles. The van der Waals surface area contributed by atoms with Gasteiger partial charge in [-0.25, -0.2) is 21.2 Å². The van der Waals surface area contributed by atoms with Crippen molar-refractivity contribution in [1.82, 2.24) is 4.31 Å². The minimum Gasteiger partial charge on any atom is -0.259 e. The van der Waals surface area contributed by atoms with Crippen molar-refractivity contribution in [1.29, 1.82) is 0 Å². The van der Waals surface area contributed by atoms with Crippen LogP contribution in [0.25, 0.3) is 0 Å². The molecule has 6 nitrogen and oxygen atoms in total. The van der Waals surface area contributed by atoms with E-state index in [-0.39, 0.29) is 29.5 Å². The van der Waals surface area contributed by atoms with E-state index in [0.717, 1.165) is 28.8 Å². The highest BCUT2D eigenvalue weighted by Crippen LogP contribution is 2.23. The van der Waals surface area contributed by atoms with E-state index in [4.69, 9.17) is 0 Å². The van der Waals surface area contributed by atoms with Crippen LogP contribution < -0.4 is 0 Å². The fourth-order valence-corrected chi connectivity index (χ4v) is 5.45. The van der Waals surface area contributed by atoms with E-state index < -0.39 is 41.4 Å². The van der Waals surface area contributed by atoms with Gasteiger partial charge in [0.1, 0.15) is 10.7 Å². The van der Waals surface area contributed by atoms with Gasteiger partial charge in [0.2, 0.25) is 10.0 Å². The van der Waals surface area contributed by atoms with Crippen LogP contribution in [-0.2, 0) is 30.7 Å². The topological polar surface area (TPSA) is 88.6 Å². The lowest BCUT2D eigenvalue weighted by Gasteiger charge is -2.25. The molecule has 0 spiro atoms. The standard InChI is InChI=1S/C11H14FNO5S3/c1-20(15,16)9-2-3-10(12)11(8-9)21(17,18)13-4-6-19(14)7-5-13/h2-3,8H,4-7H2,1H3. The molecule has 10 heteroatoms. The first-order valence-corrected chi connectivity index (χ1v) is 10.8. The Morgan fingerprint density at radius 1 is 1.14 bits per heavy atom. The Labute approximate surface area is 125 Å². The van der Waals surface area contributed by atoms with Crippen molar-refractivity contribution < 1.29 is 25.4 Å². The molecule has 1 aliphatic heterocycles. The third-order valence-corrected chi connectivity index (χ3v) is 7.39. The van der Waals surface area contributed by atoms with Gasteiger partial charge >= 0.3 is 0 Å². The van der Waals surface area contributed by atoms with Gasteiger partial charge in [0.15, 0.2) is 9.84 Å². The Hall–Kier alpha value is -0.840. The normalized spacial score (nSPS) is 18.8. The summed E-state index contributed by atoms with van der Waals surface area (Å²) in [6.45, 7) is 0.0506. The molecule has 1 aromatic rings. The summed E-state index contributed by atoms with van der Waals surface area (Å²) in [7, 11) is -8.85. The van der Waals surface area contributed by atoms with Crippen LogP contribution in [0.2, 0.25) is 0 Å². The average molecular weight is 355 g/mol. The predicted molar refractivity (Wildman–Crippen MR) is 76.1 cm³/mol. The van der Waals surface area contributed by atoms with E-state index in [0.29, 0.717) is 0 Å². The highest BCUT2D eigenvalue weighted by atomic mass is 32.2. The molecule has 21 heavy (non-hydrogen) atoms. The molecule has 0 unspecified atom stereocenters. The molecule has 0 aliphatic carbocycles. The minimum absolute atomic E-state index is 0.0253. The van der Waals surface area contributed by atoms with Crippen molar-refractivity contribution in [3.63, 3.8) is 0 Å². The van der Waals surface area contributed by atoms with Crippen LogP contribution in [0.1, 0.15) is 0 Å². The van der Waals surface area contributed by atoms with Crippen LogP contribution in [0.5, 0.6) is 0 Å². The monoisotopic (exact) mass is 355 g/mol. The van der Waals surface area contributed by atoms with Crippen LogP contribution in [0.15, 0.2) is 28.0 Å². The molecule has 0 amide bonds. The first kappa shape index (κ1) is 16.5. The molecule has 0 atom stereocenters. The van der Waals surface area contributed by atoms with Crippen LogP contribution in [0, 0.1) is 5.82 Å². The Morgan fingerprint density at radius 3 is 2.24 bits per heavy atom. The van der Waals surface area contributed by atoms with Crippen molar-refractivity contribution in [2.75, 3.05) is 30.9 Å². The molecule has 118 valence electrons. The summed E-state index contributed by atoms with van der Waals surface area (Å²) >= 11 is 0. The molecular weight excluding hydrogens is 341 g/mol. The smallest absolute Gasteiger partial charge is 0.246 e. The number of hydrogen-bond donors (Lipinski definition) is 0. The van der Waals surface area contributed by atoms with Crippen LogP contribution in [0.4, 0.5) is 4.39 Å². The van der Waals surface area contributed by atoms with Crippen molar-refractivity contribution in [3.05, 3.63) is 24.0 Å². The Balaban J connectivity index is 2.47. The second-order valence-corrected chi connectivity index (χ2v) is 10.2. The summed E-state index contributed by atoms with van der Waals surface area (Å²) < 4.78 is 73.8. The lowest BCUT2D eigenvalue weighted by atomic mass is 10.3. The third kappa shape index (κ3) is 3.50. The van der Waals surface area contributed by atoms with Crippen molar-refractivity contribution in [2.45, 2.75) is 9.79 Å². The van der Waals surface area contributed by atoms with Crippen molar-refractivity contribution in [3.8, 4) is 0 Å². The molecule has 0 N–H and O–H groups in total. The summed E-state index contributed by atoms with van der Waals surface area (Å²) in [4.78, 5) is -0.929. The van der Waals surface area contributed by atoms with Gasteiger partial charge in [-0.15, -0.1) is 0 Å². The van der Waals surface area contributed by atoms with E-state index in [9.17, 15) is 25.4 Å². The van der Waals surface area contributed by atoms with Gasteiger partial charge in [0, 0.05) is 41.7 Å². The highest BCUT2D eigenvalue weighted by Gasteiger charge is 2.31. The Kier molecular flexibility index (Phi) is 4.52. The zero-order valence-electron chi connectivity index (χ0n) is 11.2. The number of sulfonamides is 1. The first-order chi connectivity index (χ1) is 9.62. The van der Waals surface area contributed by atoms with E-state index in [1.165, 1.54) is 0 Å². The summed E-state index contributed by atoms with van der Waals surface area (Å²) in [6.07, 6.45) is 0.917. The summed E-state index contributed by atoms with van der Waals surface area (Å²) in [6, 6.07) is 2.67. The maximum Gasteiger partial charge on any atom is 0.246 e. The van der Waals surface area contributed by atoms with Crippen molar-refractivity contribution >= 4 is 30.7 Å². The SMILES string of the molecule is CS(=O)(=O)c1ccc(F)c(S(=O)(=O)N2CCS(=O)CC2)c1. The second kappa shape index (κ2) is 5.75. The average Bonchev–Trinajstić information content (AvgIpc) is 2.38. The number of hydrogen-bond acceptors (Lipinski definition) is 5. The maximum absolute atomic E-state index is 13.8. The number of nitrogens with zero attached hydrogens (tertiary/aromatic N) is 1. The van der Waals surface area contributed by atoms with E-state index in [1.807, 2.05) is 0 Å². The molecule has 1 fully saturated rings. The molecule has 1 aromatic carbocycles. The third-order valence-electron chi connectivity index (χ3n) is 3.09. The second-order valence-electron chi connectivity index (χ2n) is 4.62. The number of halogens is 1. The quantitative estimate of drug-likeness (QED) is 0.711. The van der Waals surface area contributed by atoms with E-state index >= 15 is 0 Å². The lowest BCUT2D eigenvalue weighted by Crippen LogP contribution is -2.42. The molecule has 2 rings (SSSR count). The molecule has 0 aromatic heterocycles. The van der Waals surface area contributed by atoms with Crippen LogP contribution >= 0.6 is 0 Å². The summed E-state index contributed by atoms with van der Waals surface area (Å²) in [5.41, 5.74) is 0. The largest absolute Gasteiger partial charge is 0.259 e. The van der Waals surface area contributed by atoms with Gasteiger partial charge in [-0.3, -0.25) is 4.21 Å². The lowest BCUT2D eigenvalue weighted by molar-refractivity contribution is 0.433. The van der Waals surface area contributed by atoms with Crippen LogP contribution in [-0.4, -0.2) is 56.2 Å². The highest BCUT2D eigenvalue weighted by molar-refractivity contribution is 7.91. The van der Waals surface area contributed by atoms with Gasteiger partial charge in [-0.05, 0) is 18.2 Å². The zero-order valence-corrected chi connectivity index (χ0v) is 13.6. The van der Waals surface area contributed by atoms with Gasteiger partial charge in [-0.2, -0.15) is 4.31 Å². The first-order valence-electron chi connectivity index (χ1n) is 5.97. The predicted octanol–water partition coefficient (Wildman–Crippen LogP) is -0.0178.